The van der Waals surface area contributed by atoms with E-state index in [-0.39, 0.29) is 5.97 Å². The summed E-state index contributed by atoms with van der Waals surface area (Å²) in [5, 5.41) is 0. The Labute approximate surface area is 110 Å². The second-order valence-electron chi connectivity index (χ2n) is 4.53. The minimum atomic E-state index is -0.205. The summed E-state index contributed by atoms with van der Waals surface area (Å²) in [5.41, 5.74) is 2.34. The predicted molar refractivity (Wildman–Crippen MR) is 73.1 cm³/mol. The fourth-order valence-corrected chi connectivity index (χ4v) is 3.27. The van der Waals surface area contributed by atoms with Gasteiger partial charge in [0.05, 0.1) is 7.11 Å². The first-order valence-electron chi connectivity index (χ1n) is 6.07. The van der Waals surface area contributed by atoms with Crippen LogP contribution in [-0.4, -0.2) is 13.1 Å². The molecule has 3 heteroatoms. The highest BCUT2D eigenvalue weighted by Gasteiger charge is 2.30. The zero-order chi connectivity index (χ0) is 12.5. The zero-order valence-electron chi connectivity index (χ0n) is 10.2. The Morgan fingerprint density at radius 1 is 1.28 bits per heavy atom. The smallest absolute Gasteiger partial charge is 0.348 e. The second-order valence-corrected chi connectivity index (χ2v) is 5.58. The van der Waals surface area contributed by atoms with Gasteiger partial charge in [-0.3, -0.25) is 0 Å². The monoisotopic (exact) mass is 258 g/mol. The highest BCUT2D eigenvalue weighted by atomic mass is 32.1. The molecule has 2 aromatic rings. The molecule has 18 heavy (non-hydrogen) atoms. The Bertz CT molecular complexity index is 567. The van der Waals surface area contributed by atoms with Gasteiger partial charge in [0.2, 0.25) is 0 Å². The molecule has 0 atom stereocenters. The van der Waals surface area contributed by atoms with Crippen molar-refractivity contribution in [3.63, 3.8) is 0 Å². The molecule has 3 rings (SSSR count). The zero-order valence-corrected chi connectivity index (χ0v) is 11.0. The van der Waals surface area contributed by atoms with Gasteiger partial charge in [0.1, 0.15) is 4.88 Å². The summed E-state index contributed by atoms with van der Waals surface area (Å²) in [6.07, 6.45) is 2.38. The molecule has 1 aromatic carbocycles. The number of esters is 1. The van der Waals surface area contributed by atoms with Gasteiger partial charge in [0.15, 0.2) is 0 Å². The van der Waals surface area contributed by atoms with Crippen LogP contribution in [0.15, 0.2) is 36.4 Å². The number of ether oxygens (including phenoxy) is 1. The number of carbonyl (C=O) groups excluding carboxylic acids is 1. The maximum atomic E-state index is 11.8. The molecule has 0 spiro atoms. The summed E-state index contributed by atoms with van der Waals surface area (Å²) in [7, 11) is 1.45. The van der Waals surface area contributed by atoms with Gasteiger partial charge >= 0.3 is 5.97 Å². The van der Waals surface area contributed by atoms with Gasteiger partial charge in [-0.2, -0.15) is 0 Å². The van der Waals surface area contributed by atoms with E-state index in [0.717, 1.165) is 9.75 Å². The number of hydrogen-bond acceptors (Lipinski definition) is 3. The van der Waals surface area contributed by atoms with Crippen molar-refractivity contribution in [2.45, 2.75) is 18.8 Å². The third kappa shape index (κ3) is 2.06. The summed E-state index contributed by atoms with van der Waals surface area (Å²) < 4.78 is 4.88. The highest BCUT2D eigenvalue weighted by Crippen LogP contribution is 2.46. The molecule has 92 valence electrons. The van der Waals surface area contributed by atoms with E-state index >= 15 is 0 Å². The lowest BCUT2D eigenvalue weighted by Gasteiger charge is -1.98. The lowest BCUT2D eigenvalue weighted by Crippen LogP contribution is -2.00. The van der Waals surface area contributed by atoms with E-state index in [9.17, 15) is 4.79 Å². The van der Waals surface area contributed by atoms with Crippen molar-refractivity contribution in [3.8, 4) is 10.4 Å². The predicted octanol–water partition coefficient (Wildman–Crippen LogP) is 4.08. The summed E-state index contributed by atoms with van der Waals surface area (Å²) in [6.45, 7) is 0. The first-order valence-corrected chi connectivity index (χ1v) is 6.88. The quantitative estimate of drug-likeness (QED) is 0.775. The average Bonchev–Trinajstić information content (AvgIpc) is 3.18. The third-order valence-corrected chi connectivity index (χ3v) is 4.39. The number of thiophene rings is 1. The largest absolute Gasteiger partial charge is 0.465 e. The van der Waals surface area contributed by atoms with Gasteiger partial charge in [-0.05, 0) is 36.0 Å². The molecule has 0 saturated heterocycles. The minimum Gasteiger partial charge on any atom is -0.465 e. The van der Waals surface area contributed by atoms with E-state index in [1.54, 1.807) is 0 Å². The summed E-state index contributed by atoms with van der Waals surface area (Å²) in [5.74, 6) is 0.358. The minimum absolute atomic E-state index is 0.205. The van der Waals surface area contributed by atoms with Crippen LogP contribution in [0, 0.1) is 0 Å². The van der Waals surface area contributed by atoms with Gasteiger partial charge in [0.25, 0.3) is 0 Å². The van der Waals surface area contributed by atoms with Gasteiger partial charge in [-0.15, -0.1) is 11.3 Å². The summed E-state index contributed by atoms with van der Waals surface area (Å²) in [6, 6.07) is 12.3. The SMILES string of the molecule is COC(=O)c1sc(-c2ccccc2)cc1C1CC1. The van der Waals surface area contributed by atoms with Crippen molar-refractivity contribution in [2.24, 2.45) is 0 Å². The molecule has 0 aliphatic heterocycles. The number of benzene rings is 1. The van der Waals surface area contributed by atoms with Crippen molar-refractivity contribution < 1.29 is 9.53 Å². The van der Waals surface area contributed by atoms with Crippen LogP contribution in [0.2, 0.25) is 0 Å². The van der Waals surface area contributed by atoms with E-state index < -0.39 is 0 Å². The van der Waals surface area contributed by atoms with Crippen LogP contribution in [-0.2, 0) is 4.74 Å². The van der Waals surface area contributed by atoms with Crippen LogP contribution in [0.4, 0.5) is 0 Å². The highest BCUT2D eigenvalue weighted by molar-refractivity contribution is 7.17. The van der Waals surface area contributed by atoms with Crippen LogP contribution in [0.3, 0.4) is 0 Å². The molecule has 1 fully saturated rings. The second kappa shape index (κ2) is 4.58. The molecule has 0 radical (unpaired) electrons. The molecule has 1 saturated carbocycles. The third-order valence-electron chi connectivity index (χ3n) is 3.21. The average molecular weight is 258 g/mol. The van der Waals surface area contributed by atoms with E-state index in [1.165, 1.54) is 42.4 Å². The summed E-state index contributed by atoms with van der Waals surface area (Å²) in [4.78, 5) is 13.7. The molecule has 0 N–H and O–H groups in total. The summed E-state index contributed by atoms with van der Waals surface area (Å²) >= 11 is 1.54. The van der Waals surface area contributed by atoms with E-state index in [0.29, 0.717) is 5.92 Å². The van der Waals surface area contributed by atoms with Crippen molar-refractivity contribution >= 4 is 17.3 Å². The molecule has 1 aliphatic carbocycles. The van der Waals surface area contributed by atoms with Gasteiger partial charge < -0.3 is 4.74 Å². The Morgan fingerprint density at radius 3 is 2.61 bits per heavy atom. The lowest BCUT2D eigenvalue weighted by molar-refractivity contribution is 0.0605. The molecule has 1 aliphatic rings. The normalized spacial score (nSPS) is 14.5. The van der Waals surface area contributed by atoms with Crippen LogP contribution < -0.4 is 0 Å². The van der Waals surface area contributed by atoms with Crippen molar-refractivity contribution in [3.05, 3.63) is 46.8 Å². The Hall–Kier alpha value is -1.61. The van der Waals surface area contributed by atoms with Crippen LogP contribution >= 0.6 is 11.3 Å². The van der Waals surface area contributed by atoms with Crippen LogP contribution in [0.5, 0.6) is 0 Å². The fraction of sp³-hybridized carbons (Fsp3) is 0.267. The molecule has 0 bridgehead atoms. The van der Waals surface area contributed by atoms with Crippen molar-refractivity contribution in [2.75, 3.05) is 7.11 Å². The molecule has 1 aromatic heterocycles. The number of hydrogen-bond donors (Lipinski definition) is 0. The Balaban J connectivity index is 2.04. The van der Waals surface area contributed by atoms with E-state index in [4.69, 9.17) is 4.74 Å². The molecule has 0 unspecified atom stereocenters. The number of methoxy groups -OCH3 is 1. The Morgan fingerprint density at radius 2 is 2.00 bits per heavy atom. The van der Waals surface area contributed by atoms with Gasteiger partial charge in [-0.1, -0.05) is 30.3 Å². The number of rotatable bonds is 3. The van der Waals surface area contributed by atoms with Crippen molar-refractivity contribution in [1.82, 2.24) is 0 Å². The Kier molecular flexibility index (Phi) is 2.92. The van der Waals surface area contributed by atoms with Gasteiger partial charge in [-0.25, -0.2) is 4.79 Å². The molecular formula is C15H14O2S. The first kappa shape index (κ1) is 11.5. The maximum absolute atomic E-state index is 11.8. The van der Waals surface area contributed by atoms with Crippen molar-refractivity contribution in [1.29, 1.82) is 0 Å². The molecule has 0 amide bonds. The van der Waals surface area contributed by atoms with Crippen LogP contribution in [0.1, 0.15) is 34.0 Å². The lowest BCUT2D eigenvalue weighted by atomic mass is 10.1. The first-order chi connectivity index (χ1) is 8.79. The molecule has 2 nitrogen and oxygen atoms in total. The van der Waals surface area contributed by atoms with E-state index in [2.05, 4.69) is 18.2 Å². The number of carbonyl (C=O) groups is 1. The standard InChI is InChI=1S/C15H14O2S/c1-17-15(16)14-12(10-7-8-10)9-13(18-14)11-5-3-2-4-6-11/h2-6,9-10H,7-8H2,1H3. The van der Waals surface area contributed by atoms with E-state index in [1.807, 2.05) is 18.2 Å². The molecular weight excluding hydrogens is 244 g/mol. The molecule has 1 heterocycles. The topological polar surface area (TPSA) is 26.3 Å². The van der Waals surface area contributed by atoms with Gasteiger partial charge in [0, 0.05) is 4.88 Å². The maximum Gasteiger partial charge on any atom is 0.348 e. The fourth-order valence-electron chi connectivity index (χ4n) is 2.10. The van der Waals surface area contributed by atoms with Crippen LogP contribution in [0.25, 0.3) is 10.4 Å².